The number of amides is 1. The SMILES string of the molecule is NC(=O)CC1CNNC1. The second-order valence-electron chi connectivity index (χ2n) is 2.30. The van der Waals surface area contributed by atoms with Gasteiger partial charge in [0.1, 0.15) is 0 Å². The maximum atomic E-state index is 10.3. The van der Waals surface area contributed by atoms with Crippen LogP contribution in [0.4, 0.5) is 0 Å². The van der Waals surface area contributed by atoms with Gasteiger partial charge in [-0.15, -0.1) is 0 Å². The van der Waals surface area contributed by atoms with Gasteiger partial charge in [0.2, 0.25) is 5.91 Å². The van der Waals surface area contributed by atoms with Crippen LogP contribution in [0.15, 0.2) is 0 Å². The molecule has 52 valence electrons. The van der Waals surface area contributed by atoms with E-state index in [1.165, 1.54) is 0 Å². The molecule has 1 amide bonds. The van der Waals surface area contributed by atoms with Crippen LogP contribution >= 0.6 is 0 Å². The molecule has 0 unspecified atom stereocenters. The number of hydrazine groups is 1. The first kappa shape index (κ1) is 6.51. The fourth-order valence-corrected chi connectivity index (χ4v) is 0.934. The molecule has 0 saturated carbocycles. The van der Waals surface area contributed by atoms with Crippen molar-refractivity contribution in [2.45, 2.75) is 6.42 Å². The zero-order valence-corrected chi connectivity index (χ0v) is 5.18. The van der Waals surface area contributed by atoms with Gasteiger partial charge in [-0.05, 0) is 5.92 Å². The van der Waals surface area contributed by atoms with E-state index in [-0.39, 0.29) is 5.91 Å². The largest absolute Gasteiger partial charge is 0.370 e. The highest BCUT2D eigenvalue weighted by Crippen LogP contribution is 2.01. The standard InChI is InChI=1S/C5H11N3O/c6-5(9)1-4-2-7-8-3-4/h4,7-8H,1-3H2,(H2,6,9). The summed E-state index contributed by atoms with van der Waals surface area (Å²) in [7, 11) is 0. The van der Waals surface area contributed by atoms with E-state index in [4.69, 9.17) is 5.73 Å². The van der Waals surface area contributed by atoms with Crippen LogP contribution in [0, 0.1) is 5.92 Å². The van der Waals surface area contributed by atoms with Crippen LogP contribution in [-0.4, -0.2) is 19.0 Å². The molecule has 4 nitrogen and oxygen atoms in total. The Morgan fingerprint density at radius 1 is 1.56 bits per heavy atom. The molecule has 0 aromatic heterocycles. The van der Waals surface area contributed by atoms with Crippen LogP contribution in [0.2, 0.25) is 0 Å². The summed E-state index contributed by atoms with van der Waals surface area (Å²) in [5, 5.41) is 0. The van der Waals surface area contributed by atoms with Crippen molar-refractivity contribution in [3.05, 3.63) is 0 Å². The van der Waals surface area contributed by atoms with Gasteiger partial charge in [-0.3, -0.25) is 15.6 Å². The van der Waals surface area contributed by atoms with E-state index in [9.17, 15) is 4.79 Å². The lowest BCUT2D eigenvalue weighted by atomic mass is 10.1. The predicted molar refractivity (Wildman–Crippen MR) is 33.3 cm³/mol. The van der Waals surface area contributed by atoms with Gasteiger partial charge in [-0.25, -0.2) is 0 Å². The number of rotatable bonds is 2. The lowest BCUT2D eigenvalue weighted by Gasteiger charge is -2.00. The highest BCUT2D eigenvalue weighted by molar-refractivity contribution is 5.74. The van der Waals surface area contributed by atoms with E-state index in [1.54, 1.807) is 0 Å². The molecule has 0 spiro atoms. The van der Waals surface area contributed by atoms with Gasteiger partial charge in [0, 0.05) is 19.5 Å². The first-order valence-corrected chi connectivity index (χ1v) is 3.03. The van der Waals surface area contributed by atoms with Crippen molar-refractivity contribution in [3.63, 3.8) is 0 Å². The molecule has 1 fully saturated rings. The molecule has 9 heavy (non-hydrogen) atoms. The van der Waals surface area contributed by atoms with Crippen LogP contribution in [0.25, 0.3) is 0 Å². The second-order valence-corrected chi connectivity index (χ2v) is 2.30. The molecule has 4 N–H and O–H groups in total. The number of carbonyl (C=O) groups is 1. The highest BCUT2D eigenvalue weighted by atomic mass is 16.1. The molecule has 1 aliphatic heterocycles. The average Bonchev–Trinajstić information content (AvgIpc) is 2.15. The lowest BCUT2D eigenvalue weighted by molar-refractivity contribution is -0.118. The first-order valence-electron chi connectivity index (χ1n) is 3.03. The summed E-state index contributed by atoms with van der Waals surface area (Å²) < 4.78 is 0. The summed E-state index contributed by atoms with van der Waals surface area (Å²) in [5.41, 5.74) is 10.8. The van der Waals surface area contributed by atoms with Gasteiger partial charge in [-0.2, -0.15) is 0 Å². The van der Waals surface area contributed by atoms with Crippen LogP contribution in [-0.2, 0) is 4.79 Å². The molecule has 1 heterocycles. The van der Waals surface area contributed by atoms with Crippen molar-refractivity contribution < 1.29 is 4.79 Å². The third-order valence-corrected chi connectivity index (χ3v) is 1.40. The van der Waals surface area contributed by atoms with Crippen LogP contribution in [0.5, 0.6) is 0 Å². The first-order chi connectivity index (χ1) is 4.29. The molecular weight excluding hydrogens is 118 g/mol. The molecule has 0 aromatic carbocycles. The fraction of sp³-hybridized carbons (Fsp3) is 0.800. The Bertz CT molecular complexity index is 109. The predicted octanol–water partition coefficient (Wildman–Crippen LogP) is -1.41. The number of nitrogens with two attached hydrogens (primary N) is 1. The maximum absolute atomic E-state index is 10.3. The fourth-order valence-electron chi connectivity index (χ4n) is 0.934. The van der Waals surface area contributed by atoms with Crippen LogP contribution in [0.3, 0.4) is 0 Å². The van der Waals surface area contributed by atoms with Gasteiger partial charge in [0.15, 0.2) is 0 Å². The number of primary amides is 1. The lowest BCUT2D eigenvalue weighted by Crippen LogP contribution is -2.21. The maximum Gasteiger partial charge on any atom is 0.217 e. The molecular formula is C5H11N3O. The Balaban J connectivity index is 2.19. The summed E-state index contributed by atoms with van der Waals surface area (Å²) in [6.45, 7) is 1.70. The van der Waals surface area contributed by atoms with Crippen molar-refractivity contribution in [3.8, 4) is 0 Å². The molecule has 0 aliphatic carbocycles. The molecule has 4 heteroatoms. The average molecular weight is 129 g/mol. The zero-order valence-electron chi connectivity index (χ0n) is 5.18. The third kappa shape index (κ3) is 1.99. The van der Waals surface area contributed by atoms with Crippen molar-refractivity contribution >= 4 is 5.91 Å². The molecule has 0 bridgehead atoms. The van der Waals surface area contributed by atoms with E-state index in [0.29, 0.717) is 12.3 Å². The van der Waals surface area contributed by atoms with Gasteiger partial charge < -0.3 is 5.73 Å². The monoisotopic (exact) mass is 129 g/mol. The zero-order chi connectivity index (χ0) is 6.69. The normalized spacial score (nSPS) is 20.4. The summed E-state index contributed by atoms with van der Waals surface area (Å²) in [4.78, 5) is 10.3. The van der Waals surface area contributed by atoms with E-state index in [2.05, 4.69) is 10.9 Å². The van der Waals surface area contributed by atoms with Crippen molar-refractivity contribution in [2.24, 2.45) is 11.7 Å². The Labute approximate surface area is 53.8 Å². The van der Waals surface area contributed by atoms with Crippen molar-refractivity contribution in [2.75, 3.05) is 13.1 Å². The Morgan fingerprint density at radius 2 is 2.11 bits per heavy atom. The number of hydrogen-bond donors (Lipinski definition) is 3. The summed E-state index contributed by atoms with van der Waals surface area (Å²) >= 11 is 0. The Morgan fingerprint density at radius 3 is 2.56 bits per heavy atom. The minimum atomic E-state index is -0.217. The van der Waals surface area contributed by atoms with Crippen molar-refractivity contribution in [1.82, 2.24) is 10.9 Å². The number of carbonyl (C=O) groups excluding carboxylic acids is 1. The van der Waals surface area contributed by atoms with Crippen molar-refractivity contribution in [1.29, 1.82) is 0 Å². The van der Waals surface area contributed by atoms with Gasteiger partial charge >= 0.3 is 0 Å². The Hall–Kier alpha value is -0.610. The molecule has 0 aromatic rings. The smallest absolute Gasteiger partial charge is 0.217 e. The highest BCUT2D eigenvalue weighted by Gasteiger charge is 2.15. The van der Waals surface area contributed by atoms with Crippen LogP contribution < -0.4 is 16.6 Å². The number of hydrogen-bond acceptors (Lipinski definition) is 3. The van der Waals surface area contributed by atoms with E-state index in [0.717, 1.165) is 13.1 Å². The van der Waals surface area contributed by atoms with Gasteiger partial charge in [0.25, 0.3) is 0 Å². The molecule has 1 saturated heterocycles. The summed E-state index contributed by atoms with van der Waals surface area (Å²) in [6, 6.07) is 0. The Kier molecular flexibility index (Phi) is 2.02. The van der Waals surface area contributed by atoms with Gasteiger partial charge in [0.05, 0.1) is 0 Å². The van der Waals surface area contributed by atoms with E-state index in [1.807, 2.05) is 0 Å². The minimum absolute atomic E-state index is 0.217. The summed E-state index contributed by atoms with van der Waals surface area (Å²) in [5.74, 6) is 0.174. The molecule has 1 aliphatic rings. The summed E-state index contributed by atoms with van der Waals surface area (Å²) in [6.07, 6.45) is 0.486. The third-order valence-electron chi connectivity index (χ3n) is 1.40. The topological polar surface area (TPSA) is 67.2 Å². The van der Waals surface area contributed by atoms with E-state index >= 15 is 0 Å². The van der Waals surface area contributed by atoms with Gasteiger partial charge in [-0.1, -0.05) is 0 Å². The number of nitrogens with one attached hydrogen (secondary N) is 2. The second kappa shape index (κ2) is 2.80. The minimum Gasteiger partial charge on any atom is -0.370 e. The van der Waals surface area contributed by atoms with E-state index < -0.39 is 0 Å². The quantitative estimate of drug-likeness (QED) is 0.429. The molecule has 1 rings (SSSR count). The molecule has 0 atom stereocenters. The van der Waals surface area contributed by atoms with Crippen LogP contribution in [0.1, 0.15) is 6.42 Å². The molecule has 0 radical (unpaired) electrons.